The molecule has 5 nitrogen and oxygen atoms in total. The summed E-state index contributed by atoms with van der Waals surface area (Å²) >= 11 is 0. The lowest BCUT2D eigenvalue weighted by molar-refractivity contribution is 0.146. The van der Waals surface area contributed by atoms with Crippen LogP contribution in [0, 0.1) is 0 Å². The summed E-state index contributed by atoms with van der Waals surface area (Å²) in [6.45, 7) is 5.91. The molecule has 0 heterocycles. The minimum absolute atomic E-state index is 0.376. The summed E-state index contributed by atoms with van der Waals surface area (Å²) in [5, 5.41) is 3.07. The highest BCUT2D eigenvalue weighted by atomic mass is 16.5. The number of aliphatic imine (C=N–C) groups is 1. The summed E-state index contributed by atoms with van der Waals surface area (Å²) in [4.78, 5) is 4.21. The van der Waals surface area contributed by atoms with Gasteiger partial charge < -0.3 is 20.5 Å². The van der Waals surface area contributed by atoms with E-state index < -0.39 is 0 Å². The zero-order valence-electron chi connectivity index (χ0n) is 12.0. The van der Waals surface area contributed by atoms with Crippen LogP contribution in [0.4, 0.5) is 5.69 Å². The Kier molecular flexibility index (Phi) is 8.10. The minimum Gasteiger partial charge on any atom is -0.380 e. The predicted molar refractivity (Wildman–Crippen MR) is 82.9 cm³/mol. The fraction of sp³-hybridized carbons (Fsp3) is 0.400. The fourth-order valence-corrected chi connectivity index (χ4v) is 1.60. The first-order chi connectivity index (χ1) is 9.77. The van der Waals surface area contributed by atoms with Crippen LogP contribution in [-0.2, 0) is 16.1 Å². The van der Waals surface area contributed by atoms with E-state index in [4.69, 9.17) is 15.2 Å². The van der Waals surface area contributed by atoms with Gasteiger partial charge >= 0.3 is 0 Å². The molecule has 0 bridgehead atoms. The molecule has 1 aromatic carbocycles. The molecule has 0 fully saturated rings. The Morgan fingerprint density at radius 3 is 2.95 bits per heavy atom. The molecular formula is C15H23N3O2. The number of para-hydroxylation sites is 1. The normalized spacial score (nSPS) is 11.3. The number of nitrogens with one attached hydrogen (secondary N) is 1. The van der Waals surface area contributed by atoms with Crippen molar-refractivity contribution in [3.8, 4) is 0 Å². The molecule has 0 aliphatic carbocycles. The Balaban J connectivity index is 2.40. The monoisotopic (exact) mass is 277 g/mol. The van der Waals surface area contributed by atoms with Crippen LogP contribution in [0.2, 0.25) is 0 Å². The molecule has 1 rings (SSSR count). The molecule has 3 N–H and O–H groups in total. The Morgan fingerprint density at radius 2 is 2.20 bits per heavy atom. The quantitative estimate of drug-likeness (QED) is 0.314. The molecule has 0 aromatic heterocycles. The van der Waals surface area contributed by atoms with Crippen LogP contribution in [0.5, 0.6) is 0 Å². The van der Waals surface area contributed by atoms with Gasteiger partial charge in [0.15, 0.2) is 5.96 Å². The van der Waals surface area contributed by atoms with Crippen LogP contribution in [-0.4, -0.2) is 32.8 Å². The number of hydrogen-bond donors (Lipinski definition) is 2. The maximum atomic E-state index is 5.84. The summed E-state index contributed by atoms with van der Waals surface area (Å²) in [5.74, 6) is 0.376. The molecular weight excluding hydrogens is 254 g/mol. The predicted octanol–water partition coefficient (Wildman–Crippen LogP) is 2.15. The van der Waals surface area contributed by atoms with Gasteiger partial charge in [0, 0.05) is 18.4 Å². The molecule has 0 saturated carbocycles. The van der Waals surface area contributed by atoms with Crippen molar-refractivity contribution >= 4 is 11.6 Å². The molecule has 0 amide bonds. The smallest absolute Gasteiger partial charge is 0.193 e. The number of nitrogens with zero attached hydrogens (tertiary/aromatic N) is 1. The zero-order chi connectivity index (χ0) is 14.6. The number of nitrogens with two attached hydrogens (primary N) is 1. The largest absolute Gasteiger partial charge is 0.380 e. The zero-order valence-corrected chi connectivity index (χ0v) is 12.0. The second-order valence-corrected chi connectivity index (χ2v) is 4.17. The highest BCUT2D eigenvalue weighted by Gasteiger charge is 2.01. The summed E-state index contributed by atoms with van der Waals surface area (Å²) < 4.78 is 10.5. The van der Waals surface area contributed by atoms with Gasteiger partial charge in [-0.25, -0.2) is 0 Å². The lowest BCUT2D eigenvalue weighted by Gasteiger charge is -2.10. The molecule has 20 heavy (non-hydrogen) atoms. The molecule has 0 radical (unpaired) electrons. The van der Waals surface area contributed by atoms with Crippen molar-refractivity contribution in [1.82, 2.24) is 0 Å². The van der Waals surface area contributed by atoms with Gasteiger partial charge in [-0.1, -0.05) is 24.3 Å². The van der Waals surface area contributed by atoms with Crippen LogP contribution in [0.1, 0.15) is 12.0 Å². The van der Waals surface area contributed by atoms with E-state index in [0.717, 1.165) is 17.7 Å². The number of rotatable bonds is 9. The first kappa shape index (κ1) is 16.2. The first-order valence-electron chi connectivity index (χ1n) is 6.60. The first-order valence-corrected chi connectivity index (χ1v) is 6.60. The van der Waals surface area contributed by atoms with E-state index in [1.165, 1.54) is 0 Å². The van der Waals surface area contributed by atoms with Gasteiger partial charge in [0.2, 0.25) is 0 Å². The maximum Gasteiger partial charge on any atom is 0.193 e. The van der Waals surface area contributed by atoms with Crippen LogP contribution >= 0.6 is 0 Å². The Labute approximate surface area is 120 Å². The summed E-state index contributed by atoms with van der Waals surface area (Å²) in [6, 6.07) is 7.82. The lowest BCUT2D eigenvalue weighted by atomic mass is 10.2. The van der Waals surface area contributed by atoms with E-state index in [9.17, 15) is 0 Å². The van der Waals surface area contributed by atoms with Crippen molar-refractivity contribution < 1.29 is 9.47 Å². The maximum absolute atomic E-state index is 5.84. The number of methoxy groups -OCH3 is 1. The Bertz CT molecular complexity index is 433. The van der Waals surface area contributed by atoms with Gasteiger partial charge in [-0.15, -0.1) is 6.58 Å². The van der Waals surface area contributed by atoms with Crippen LogP contribution < -0.4 is 11.1 Å². The second kappa shape index (κ2) is 10.00. The highest BCUT2D eigenvalue weighted by Crippen LogP contribution is 2.15. The number of ether oxygens (including phenoxy) is 2. The van der Waals surface area contributed by atoms with E-state index in [-0.39, 0.29) is 0 Å². The van der Waals surface area contributed by atoms with Gasteiger partial charge in [-0.3, -0.25) is 4.99 Å². The standard InChI is InChI=1S/C15H23N3O2/c1-3-4-10-20-11-9-17-15(16)18-14-8-6-5-7-13(14)12-19-2/h3,5-8H,1,4,9-12H2,2H3,(H3,16,17,18). The average molecular weight is 277 g/mol. The minimum atomic E-state index is 0.376. The van der Waals surface area contributed by atoms with Crippen LogP contribution in [0.25, 0.3) is 0 Å². The molecule has 0 unspecified atom stereocenters. The molecule has 110 valence electrons. The third-order valence-corrected chi connectivity index (χ3v) is 2.56. The highest BCUT2D eigenvalue weighted by molar-refractivity contribution is 5.92. The van der Waals surface area contributed by atoms with Gasteiger partial charge in [0.25, 0.3) is 0 Å². The van der Waals surface area contributed by atoms with Crippen LogP contribution in [0.15, 0.2) is 41.9 Å². The molecule has 0 spiro atoms. The van der Waals surface area contributed by atoms with E-state index in [1.807, 2.05) is 30.3 Å². The third-order valence-electron chi connectivity index (χ3n) is 2.56. The topological polar surface area (TPSA) is 68.9 Å². The summed E-state index contributed by atoms with van der Waals surface area (Å²) in [6.07, 6.45) is 2.67. The van der Waals surface area contributed by atoms with Crippen molar-refractivity contribution in [1.29, 1.82) is 0 Å². The SMILES string of the molecule is C=CCCOCCN=C(N)Nc1ccccc1COC. The average Bonchev–Trinajstić information content (AvgIpc) is 2.45. The number of hydrogen-bond acceptors (Lipinski definition) is 3. The van der Waals surface area contributed by atoms with Gasteiger partial charge in [-0.05, 0) is 12.5 Å². The summed E-state index contributed by atoms with van der Waals surface area (Å²) in [5.41, 5.74) is 7.78. The summed E-state index contributed by atoms with van der Waals surface area (Å²) in [7, 11) is 1.66. The van der Waals surface area contributed by atoms with Crippen molar-refractivity contribution in [2.24, 2.45) is 10.7 Å². The molecule has 0 aliphatic rings. The van der Waals surface area contributed by atoms with Gasteiger partial charge in [0.05, 0.1) is 26.4 Å². The van der Waals surface area contributed by atoms with E-state index >= 15 is 0 Å². The van der Waals surface area contributed by atoms with Crippen molar-refractivity contribution in [3.05, 3.63) is 42.5 Å². The molecule has 5 heteroatoms. The lowest BCUT2D eigenvalue weighted by Crippen LogP contribution is -2.24. The van der Waals surface area contributed by atoms with Gasteiger partial charge in [-0.2, -0.15) is 0 Å². The number of benzene rings is 1. The molecule has 0 saturated heterocycles. The molecule has 1 aromatic rings. The molecule has 0 atom stereocenters. The van der Waals surface area contributed by atoms with Gasteiger partial charge in [0.1, 0.15) is 0 Å². The molecule has 0 aliphatic heterocycles. The van der Waals surface area contributed by atoms with E-state index in [2.05, 4.69) is 16.9 Å². The van der Waals surface area contributed by atoms with Crippen molar-refractivity contribution in [2.75, 3.05) is 32.2 Å². The van der Waals surface area contributed by atoms with E-state index in [0.29, 0.717) is 32.3 Å². The van der Waals surface area contributed by atoms with Crippen molar-refractivity contribution in [2.45, 2.75) is 13.0 Å². The van der Waals surface area contributed by atoms with E-state index in [1.54, 1.807) is 7.11 Å². The second-order valence-electron chi connectivity index (χ2n) is 4.17. The Hall–Kier alpha value is -1.85. The van der Waals surface area contributed by atoms with Crippen molar-refractivity contribution in [3.63, 3.8) is 0 Å². The number of guanidine groups is 1. The third kappa shape index (κ3) is 6.36. The fourth-order valence-electron chi connectivity index (χ4n) is 1.60. The Morgan fingerprint density at radius 1 is 1.40 bits per heavy atom. The van der Waals surface area contributed by atoms with Crippen LogP contribution in [0.3, 0.4) is 0 Å². The number of anilines is 1.